The predicted molar refractivity (Wildman–Crippen MR) is 111 cm³/mol. The molecule has 3 rings (SSSR count). The molecule has 0 fully saturated rings. The molecule has 3 heteroatoms. The summed E-state index contributed by atoms with van der Waals surface area (Å²) in [6.07, 6.45) is 0. The largest absolute Gasteiger partial charge is 0.328 e. The van der Waals surface area contributed by atoms with E-state index in [1.807, 2.05) is 44.2 Å². The molecular formula is C24H27N2O+. The second-order valence-corrected chi connectivity index (χ2v) is 7.11. The van der Waals surface area contributed by atoms with Crippen LogP contribution in [0.4, 0.5) is 5.69 Å². The lowest BCUT2D eigenvalue weighted by atomic mass is 9.98. The van der Waals surface area contributed by atoms with Crippen molar-refractivity contribution in [2.24, 2.45) is 0 Å². The molecule has 3 N–H and O–H groups in total. The molecule has 1 amide bonds. The standard InChI is InChI=1S/C24H26N2O/c1-17-10-13-21(14-11-17)24(20-7-5-4-6-8-20)25-16-23(27)26-22-15-18(2)9-12-19(22)3/h4-15,24-25H,16H2,1-3H3,(H,26,27)/p+1/t24-/m0/s1. The Morgan fingerprint density at radius 2 is 1.48 bits per heavy atom. The number of benzene rings is 3. The number of hydrogen-bond acceptors (Lipinski definition) is 1. The number of amides is 1. The molecule has 0 aromatic heterocycles. The van der Waals surface area contributed by atoms with Crippen LogP contribution in [0.2, 0.25) is 0 Å². The molecule has 27 heavy (non-hydrogen) atoms. The topological polar surface area (TPSA) is 45.7 Å². The number of hydrogen-bond donors (Lipinski definition) is 2. The first-order valence-electron chi connectivity index (χ1n) is 9.35. The summed E-state index contributed by atoms with van der Waals surface area (Å²) >= 11 is 0. The van der Waals surface area contributed by atoms with Gasteiger partial charge in [0.25, 0.3) is 5.91 Å². The van der Waals surface area contributed by atoms with E-state index in [1.54, 1.807) is 0 Å². The molecule has 0 bridgehead atoms. The highest BCUT2D eigenvalue weighted by atomic mass is 16.1. The SMILES string of the molecule is Cc1ccc([C@@H]([NH2+]CC(=O)Nc2cc(C)ccc2C)c2ccccc2)cc1. The van der Waals surface area contributed by atoms with Gasteiger partial charge in [-0.05, 0) is 38.0 Å². The summed E-state index contributed by atoms with van der Waals surface area (Å²) < 4.78 is 0. The van der Waals surface area contributed by atoms with Crippen LogP contribution in [0, 0.1) is 20.8 Å². The van der Waals surface area contributed by atoms with Crippen molar-refractivity contribution in [3.8, 4) is 0 Å². The van der Waals surface area contributed by atoms with E-state index < -0.39 is 0 Å². The summed E-state index contributed by atoms with van der Waals surface area (Å²) in [6, 6.07) is 25.1. The number of nitrogens with one attached hydrogen (secondary N) is 1. The zero-order chi connectivity index (χ0) is 19.2. The highest BCUT2D eigenvalue weighted by Gasteiger charge is 2.19. The molecule has 0 aliphatic carbocycles. The molecule has 138 valence electrons. The predicted octanol–water partition coefficient (Wildman–Crippen LogP) is 3.90. The van der Waals surface area contributed by atoms with E-state index in [1.165, 1.54) is 16.7 Å². The third-order valence-electron chi connectivity index (χ3n) is 4.80. The van der Waals surface area contributed by atoms with Crippen molar-refractivity contribution in [1.82, 2.24) is 0 Å². The van der Waals surface area contributed by atoms with Crippen molar-refractivity contribution in [3.63, 3.8) is 0 Å². The van der Waals surface area contributed by atoms with Crippen molar-refractivity contribution in [3.05, 3.63) is 101 Å². The number of quaternary nitrogens is 1. The molecule has 1 atom stereocenters. The third-order valence-corrected chi connectivity index (χ3v) is 4.80. The van der Waals surface area contributed by atoms with E-state index in [9.17, 15) is 4.79 Å². The molecule has 0 unspecified atom stereocenters. The lowest BCUT2D eigenvalue weighted by Crippen LogP contribution is -2.87. The Morgan fingerprint density at radius 3 is 2.19 bits per heavy atom. The Hall–Kier alpha value is -2.91. The van der Waals surface area contributed by atoms with Crippen LogP contribution in [0.15, 0.2) is 72.8 Å². The normalized spacial score (nSPS) is 11.8. The molecule has 0 saturated carbocycles. The van der Waals surface area contributed by atoms with E-state index >= 15 is 0 Å². The van der Waals surface area contributed by atoms with Crippen molar-refractivity contribution in [2.75, 3.05) is 11.9 Å². The molecule has 0 saturated heterocycles. The van der Waals surface area contributed by atoms with Crippen LogP contribution in [-0.2, 0) is 4.79 Å². The second kappa shape index (κ2) is 8.65. The molecule has 0 spiro atoms. The molecule has 0 heterocycles. The Labute approximate surface area is 161 Å². The fourth-order valence-corrected chi connectivity index (χ4v) is 3.20. The molecule has 0 aliphatic rings. The highest BCUT2D eigenvalue weighted by molar-refractivity contribution is 5.92. The Balaban J connectivity index is 1.73. The zero-order valence-electron chi connectivity index (χ0n) is 16.2. The van der Waals surface area contributed by atoms with Crippen LogP contribution in [-0.4, -0.2) is 12.5 Å². The van der Waals surface area contributed by atoms with Gasteiger partial charge in [0.15, 0.2) is 6.54 Å². The van der Waals surface area contributed by atoms with E-state index in [-0.39, 0.29) is 11.9 Å². The van der Waals surface area contributed by atoms with Gasteiger partial charge in [0, 0.05) is 16.8 Å². The average molecular weight is 359 g/mol. The molecule has 0 radical (unpaired) electrons. The number of anilines is 1. The summed E-state index contributed by atoms with van der Waals surface area (Å²) in [7, 11) is 0. The number of carbonyl (C=O) groups is 1. The van der Waals surface area contributed by atoms with Crippen molar-refractivity contribution >= 4 is 11.6 Å². The van der Waals surface area contributed by atoms with Gasteiger partial charge in [0.05, 0.1) is 0 Å². The summed E-state index contributed by atoms with van der Waals surface area (Å²) in [5, 5.41) is 5.15. The van der Waals surface area contributed by atoms with Crippen LogP contribution in [0.25, 0.3) is 0 Å². The number of aryl methyl sites for hydroxylation is 3. The molecule has 3 aromatic carbocycles. The van der Waals surface area contributed by atoms with Gasteiger partial charge in [-0.3, -0.25) is 4.79 Å². The van der Waals surface area contributed by atoms with Crippen LogP contribution in [0.3, 0.4) is 0 Å². The quantitative estimate of drug-likeness (QED) is 0.689. The summed E-state index contributed by atoms with van der Waals surface area (Å²) in [4.78, 5) is 12.6. The fourth-order valence-electron chi connectivity index (χ4n) is 3.20. The highest BCUT2D eigenvalue weighted by Crippen LogP contribution is 2.19. The van der Waals surface area contributed by atoms with Crippen LogP contribution >= 0.6 is 0 Å². The van der Waals surface area contributed by atoms with Crippen molar-refractivity contribution < 1.29 is 10.1 Å². The Bertz CT molecular complexity index is 901. The zero-order valence-corrected chi connectivity index (χ0v) is 16.2. The van der Waals surface area contributed by atoms with Gasteiger partial charge in [-0.2, -0.15) is 0 Å². The van der Waals surface area contributed by atoms with Gasteiger partial charge in [-0.15, -0.1) is 0 Å². The smallest absolute Gasteiger partial charge is 0.279 e. The Kier molecular flexibility index (Phi) is 6.05. The van der Waals surface area contributed by atoms with E-state index in [4.69, 9.17) is 0 Å². The lowest BCUT2D eigenvalue weighted by Gasteiger charge is -2.17. The third kappa shape index (κ3) is 5.05. The summed E-state index contributed by atoms with van der Waals surface area (Å²) in [5.41, 5.74) is 6.74. The summed E-state index contributed by atoms with van der Waals surface area (Å²) in [5.74, 6) is 0.0109. The first-order chi connectivity index (χ1) is 13.0. The maximum absolute atomic E-state index is 12.6. The average Bonchev–Trinajstić information content (AvgIpc) is 2.67. The molecule has 0 aliphatic heterocycles. The van der Waals surface area contributed by atoms with Crippen LogP contribution < -0.4 is 10.6 Å². The number of carbonyl (C=O) groups excluding carboxylic acids is 1. The molecule has 3 nitrogen and oxygen atoms in total. The monoisotopic (exact) mass is 359 g/mol. The second-order valence-electron chi connectivity index (χ2n) is 7.11. The minimum Gasteiger partial charge on any atom is -0.328 e. The van der Waals surface area contributed by atoms with Gasteiger partial charge in [0.1, 0.15) is 6.04 Å². The maximum atomic E-state index is 12.6. The maximum Gasteiger partial charge on any atom is 0.279 e. The van der Waals surface area contributed by atoms with Crippen LogP contribution in [0.5, 0.6) is 0 Å². The van der Waals surface area contributed by atoms with Gasteiger partial charge >= 0.3 is 0 Å². The lowest BCUT2D eigenvalue weighted by molar-refractivity contribution is -0.676. The van der Waals surface area contributed by atoms with Gasteiger partial charge in [-0.25, -0.2) is 0 Å². The number of nitrogens with two attached hydrogens (primary N) is 1. The first kappa shape index (κ1) is 18.9. The van der Waals surface area contributed by atoms with E-state index in [0.29, 0.717) is 6.54 Å². The minimum atomic E-state index is 0.0109. The van der Waals surface area contributed by atoms with Gasteiger partial charge in [-0.1, -0.05) is 72.3 Å². The Morgan fingerprint density at radius 1 is 0.852 bits per heavy atom. The summed E-state index contributed by atoms with van der Waals surface area (Å²) in [6.45, 7) is 6.49. The van der Waals surface area contributed by atoms with Gasteiger partial charge in [0.2, 0.25) is 0 Å². The van der Waals surface area contributed by atoms with Crippen molar-refractivity contribution in [1.29, 1.82) is 0 Å². The van der Waals surface area contributed by atoms with E-state index in [2.05, 4.69) is 60.0 Å². The molecule has 3 aromatic rings. The number of rotatable bonds is 6. The minimum absolute atomic E-state index is 0.0109. The first-order valence-corrected chi connectivity index (χ1v) is 9.35. The van der Waals surface area contributed by atoms with Crippen LogP contribution in [0.1, 0.15) is 33.9 Å². The van der Waals surface area contributed by atoms with Gasteiger partial charge < -0.3 is 10.6 Å². The fraction of sp³-hybridized carbons (Fsp3) is 0.208. The van der Waals surface area contributed by atoms with Crippen molar-refractivity contribution in [2.45, 2.75) is 26.8 Å². The molecular weight excluding hydrogens is 332 g/mol. The van der Waals surface area contributed by atoms with E-state index in [0.717, 1.165) is 16.8 Å².